The third kappa shape index (κ3) is 4.33. The maximum absolute atomic E-state index is 12.4. The fourth-order valence-corrected chi connectivity index (χ4v) is 2.48. The maximum Gasteiger partial charge on any atom is 0.251 e. The molecule has 2 rings (SSSR count). The van der Waals surface area contributed by atoms with E-state index in [1.165, 1.54) is 0 Å². The average molecular weight is 312 g/mol. The molecule has 0 aliphatic carbocycles. The highest BCUT2D eigenvalue weighted by molar-refractivity contribution is 5.95. The molecule has 0 aliphatic heterocycles. The molecule has 122 valence electrons. The number of carbonyl (C=O) groups is 1. The number of nitrogens with zero attached hydrogens (tertiary/aromatic N) is 1. The van der Waals surface area contributed by atoms with Gasteiger partial charge in [0.2, 0.25) is 0 Å². The minimum atomic E-state index is -0.155. The molecule has 4 heteroatoms. The van der Waals surface area contributed by atoms with Crippen LogP contribution in [-0.4, -0.2) is 33.7 Å². The maximum atomic E-state index is 12.4. The van der Waals surface area contributed by atoms with Gasteiger partial charge in [-0.1, -0.05) is 30.3 Å². The molecule has 1 atom stereocenters. The van der Waals surface area contributed by atoms with Gasteiger partial charge in [0.25, 0.3) is 5.91 Å². The first kappa shape index (κ1) is 17.0. The Balaban J connectivity index is 2.06. The summed E-state index contributed by atoms with van der Waals surface area (Å²) in [6.07, 6.45) is -0.155. The van der Waals surface area contributed by atoms with E-state index in [0.717, 1.165) is 16.8 Å². The Labute approximate surface area is 138 Å². The first-order chi connectivity index (χ1) is 11.0. The van der Waals surface area contributed by atoms with E-state index >= 15 is 0 Å². The number of carbonyl (C=O) groups excluding carboxylic acids is 1. The van der Waals surface area contributed by atoms with Crippen molar-refractivity contribution < 1.29 is 9.53 Å². The van der Waals surface area contributed by atoms with Crippen molar-refractivity contribution in [3.05, 3.63) is 65.2 Å². The van der Waals surface area contributed by atoms with Crippen molar-refractivity contribution in [1.82, 2.24) is 5.32 Å². The van der Waals surface area contributed by atoms with Crippen molar-refractivity contribution in [1.29, 1.82) is 0 Å². The van der Waals surface area contributed by atoms with E-state index in [1.54, 1.807) is 7.11 Å². The predicted molar refractivity (Wildman–Crippen MR) is 94.0 cm³/mol. The van der Waals surface area contributed by atoms with Crippen LogP contribution in [0.2, 0.25) is 0 Å². The standard InChI is InChI=1S/C19H24N2O2/c1-14-8-5-6-11-17(14)18(23-4)13-20-19(22)15-9-7-10-16(12-15)21(2)3/h5-12,18H,13H2,1-4H3,(H,20,22). The minimum absolute atomic E-state index is 0.0932. The Bertz CT molecular complexity index is 668. The second kappa shape index (κ2) is 7.79. The number of amides is 1. The van der Waals surface area contributed by atoms with E-state index in [0.29, 0.717) is 12.1 Å². The average Bonchev–Trinajstić information content (AvgIpc) is 2.56. The Morgan fingerprint density at radius 1 is 1.17 bits per heavy atom. The smallest absolute Gasteiger partial charge is 0.251 e. The zero-order valence-electron chi connectivity index (χ0n) is 14.2. The number of hydrogen-bond donors (Lipinski definition) is 1. The molecule has 2 aromatic carbocycles. The number of ether oxygens (including phenoxy) is 1. The highest BCUT2D eigenvalue weighted by Crippen LogP contribution is 2.20. The molecule has 4 nitrogen and oxygen atoms in total. The molecular weight excluding hydrogens is 288 g/mol. The second-order valence-electron chi connectivity index (χ2n) is 5.74. The van der Waals surface area contributed by atoms with Crippen LogP contribution in [0.5, 0.6) is 0 Å². The Kier molecular flexibility index (Phi) is 5.77. The van der Waals surface area contributed by atoms with Gasteiger partial charge in [-0.15, -0.1) is 0 Å². The van der Waals surface area contributed by atoms with Gasteiger partial charge in [-0.05, 0) is 36.2 Å². The molecule has 0 heterocycles. The first-order valence-corrected chi connectivity index (χ1v) is 7.67. The fraction of sp³-hybridized carbons (Fsp3) is 0.316. The van der Waals surface area contributed by atoms with Gasteiger partial charge in [0, 0.05) is 39.0 Å². The molecule has 23 heavy (non-hydrogen) atoms. The number of aryl methyl sites for hydroxylation is 1. The van der Waals surface area contributed by atoms with Crippen molar-refractivity contribution in [3.63, 3.8) is 0 Å². The Morgan fingerprint density at radius 3 is 2.57 bits per heavy atom. The van der Waals surface area contributed by atoms with Gasteiger partial charge in [-0.2, -0.15) is 0 Å². The summed E-state index contributed by atoms with van der Waals surface area (Å²) in [5.74, 6) is -0.0932. The molecule has 0 saturated heterocycles. The van der Waals surface area contributed by atoms with Crippen molar-refractivity contribution in [2.24, 2.45) is 0 Å². The molecule has 1 N–H and O–H groups in total. The number of rotatable bonds is 6. The largest absolute Gasteiger partial charge is 0.378 e. The quantitative estimate of drug-likeness (QED) is 0.891. The lowest BCUT2D eigenvalue weighted by Crippen LogP contribution is -2.29. The van der Waals surface area contributed by atoms with Crippen LogP contribution in [-0.2, 0) is 4.74 Å². The topological polar surface area (TPSA) is 41.6 Å². The van der Waals surface area contributed by atoms with E-state index in [-0.39, 0.29) is 12.0 Å². The van der Waals surface area contributed by atoms with Crippen LogP contribution in [0.4, 0.5) is 5.69 Å². The Morgan fingerprint density at radius 2 is 1.91 bits per heavy atom. The monoisotopic (exact) mass is 312 g/mol. The van der Waals surface area contributed by atoms with Crippen LogP contribution in [0.1, 0.15) is 27.6 Å². The van der Waals surface area contributed by atoms with Crippen molar-refractivity contribution >= 4 is 11.6 Å². The predicted octanol–water partition coefficient (Wildman–Crippen LogP) is 3.18. The molecule has 0 radical (unpaired) electrons. The van der Waals surface area contributed by atoms with E-state index in [1.807, 2.05) is 74.4 Å². The summed E-state index contributed by atoms with van der Waals surface area (Å²) >= 11 is 0. The van der Waals surface area contributed by atoms with Gasteiger partial charge < -0.3 is 15.0 Å². The number of benzene rings is 2. The van der Waals surface area contributed by atoms with Crippen LogP contribution in [0.3, 0.4) is 0 Å². The van der Waals surface area contributed by atoms with E-state index in [9.17, 15) is 4.79 Å². The lowest BCUT2D eigenvalue weighted by molar-refractivity contribution is 0.0826. The van der Waals surface area contributed by atoms with Crippen molar-refractivity contribution in [2.75, 3.05) is 32.6 Å². The molecule has 0 bridgehead atoms. The third-order valence-electron chi connectivity index (χ3n) is 3.89. The zero-order valence-corrected chi connectivity index (χ0v) is 14.2. The van der Waals surface area contributed by atoms with E-state index < -0.39 is 0 Å². The van der Waals surface area contributed by atoms with Gasteiger partial charge in [0.1, 0.15) is 0 Å². The fourth-order valence-electron chi connectivity index (χ4n) is 2.48. The molecule has 0 fully saturated rings. The summed E-state index contributed by atoms with van der Waals surface area (Å²) in [7, 11) is 5.57. The van der Waals surface area contributed by atoms with Crippen molar-refractivity contribution in [2.45, 2.75) is 13.0 Å². The van der Waals surface area contributed by atoms with Gasteiger partial charge in [-0.3, -0.25) is 4.79 Å². The summed E-state index contributed by atoms with van der Waals surface area (Å²) in [5.41, 5.74) is 3.90. The number of hydrogen-bond acceptors (Lipinski definition) is 3. The van der Waals surface area contributed by atoms with Gasteiger partial charge >= 0.3 is 0 Å². The van der Waals surface area contributed by atoms with Crippen LogP contribution in [0.15, 0.2) is 48.5 Å². The summed E-state index contributed by atoms with van der Waals surface area (Å²) in [5, 5.41) is 2.96. The third-order valence-corrected chi connectivity index (χ3v) is 3.89. The lowest BCUT2D eigenvalue weighted by atomic mass is 10.0. The molecule has 1 unspecified atom stereocenters. The first-order valence-electron chi connectivity index (χ1n) is 7.67. The summed E-state index contributed by atoms with van der Waals surface area (Å²) in [6.45, 7) is 2.48. The zero-order chi connectivity index (χ0) is 16.8. The SMILES string of the molecule is COC(CNC(=O)c1cccc(N(C)C)c1)c1ccccc1C. The number of nitrogens with one attached hydrogen (secondary N) is 1. The summed E-state index contributed by atoms with van der Waals surface area (Å²) < 4.78 is 5.54. The normalized spacial score (nSPS) is 11.8. The molecule has 0 spiro atoms. The molecule has 0 aliphatic rings. The Hall–Kier alpha value is -2.33. The molecule has 2 aromatic rings. The number of methoxy groups -OCH3 is 1. The summed E-state index contributed by atoms with van der Waals surface area (Å²) in [4.78, 5) is 14.3. The second-order valence-corrected chi connectivity index (χ2v) is 5.74. The van der Waals surface area contributed by atoms with Gasteiger partial charge in [-0.25, -0.2) is 0 Å². The van der Waals surface area contributed by atoms with Crippen LogP contribution in [0, 0.1) is 6.92 Å². The molecule has 0 aromatic heterocycles. The lowest BCUT2D eigenvalue weighted by Gasteiger charge is -2.19. The highest BCUT2D eigenvalue weighted by Gasteiger charge is 2.15. The molecule has 1 amide bonds. The van der Waals surface area contributed by atoms with E-state index in [2.05, 4.69) is 5.32 Å². The van der Waals surface area contributed by atoms with Crippen LogP contribution in [0.25, 0.3) is 0 Å². The van der Waals surface area contributed by atoms with Gasteiger partial charge in [0.15, 0.2) is 0 Å². The van der Waals surface area contributed by atoms with Gasteiger partial charge in [0.05, 0.1) is 6.10 Å². The number of anilines is 1. The van der Waals surface area contributed by atoms with Crippen LogP contribution >= 0.6 is 0 Å². The summed E-state index contributed by atoms with van der Waals surface area (Å²) in [6, 6.07) is 15.6. The molecular formula is C19H24N2O2. The molecule has 0 saturated carbocycles. The highest BCUT2D eigenvalue weighted by atomic mass is 16.5. The van der Waals surface area contributed by atoms with Crippen molar-refractivity contribution in [3.8, 4) is 0 Å². The van der Waals surface area contributed by atoms with Crippen LogP contribution < -0.4 is 10.2 Å². The van der Waals surface area contributed by atoms with E-state index in [4.69, 9.17) is 4.74 Å². The minimum Gasteiger partial charge on any atom is -0.378 e.